The molecule has 96 valence electrons. The Morgan fingerprint density at radius 1 is 1.39 bits per heavy atom. The van der Waals surface area contributed by atoms with Gasteiger partial charge in [0.05, 0.1) is 6.61 Å². The van der Waals surface area contributed by atoms with Crippen LogP contribution in [0.2, 0.25) is 0 Å². The molecule has 0 radical (unpaired) electrons. The molecule has 0 N–H and O–H groups in total. The lowest BCUT2D eigenvalue weighted by Crippen LogP contribution is -2.04. The predicted molar refractivity (Wildman–Crippen MR) is 67.9 cm³/mol. The molecule has 0 unspecified atom stereocenters. The van der Waals surface area contributed by atoms with Gasteiger partial charge in [0.2, 0.25) is 0 Å². The van der Waals surface area contributed by atoms with E-state index in [0.29, 0.717) is 24.5 Å². The number of hydrogen-bond acceptors (Lipinski definition) is 4. The number of thioether (sulfide) groups is 1. The Morgan fingerprint density at radius 2 is 2.22 bits per heavy atom. The normalized spacial score (nSPS) is 10.8. The van der Waals surface area contributed by atoms with Gasteiger partial charge < -0.3 is 9.30 Å². The van der Waals surface area contributed by atoms with Crippen molar-refractivity contribution in [1.82, 2.24) is 14.8 Å². The molecule has 0 saturated carbocycles. The summed E-state index contributed by atoms with van der Waals surface area (Å²) < 4.78 is 20.3. The van der Waals surface area contributed by atoms with Crippen LogP contribution in [0.4, 0.5) is 4.39 Å². The van der Waals surface area contributed by atoms with Crippen LogP contribution in [0, 0.1) is 5.82 Å². The van der Waals surface area contributed by atoms with E-state index in [1.165, 1.54) is 17.8 Å². The van der Waals surface area contributed by atoms with Gasteiger partial charge in [-0.15, -0.1) is 10.2 Å². The molecule has 0 saturated heterocycles. The number of aromatic nitrogens is 3. The predicted octanol–water partition coefficient (Wildman–Crippen LogP) is 2.36. The van der Waals surface area contributed by atoms with E-state index in [-0.39, 0.29) is 5.82 Å². The Morgan fingerprint density at radius 3 is 3.00 bits per heavy atom. The Balaban J connectivity index is 1.98. The molecule has 6 heteroatoms. The van der Waals surface area contributed by atoms with Crippen molar-refractivity contribution in [3.63, 3.8) is 0 Å². The van der Waals surface area contributed by atoms with E-state index in [1.807, 2.05) is 10.6 Å². The third-order valence-corrected chi connectivity index (χ3v) is 3.46. The minimum absolute atomic E-state index is 0.187. The van der Waals surface area contributed by atoms with E-state index < -0.39 is 0 Å². The fourth-order valence-electron chi connectivity index (χ4n) is 1.46. The van der Waals surface area contributed by atoms with Gasteiger partial charge in [-0.05, 0) is 11.6 Å². The number of benzene rings is 1. The van der Waals surface area contributed by atoms with Gasteiger partial charge in [0.25, 0.3) is 0 Å². The highest BCUT2D eigenvalue weighted by Crippen LogP contribution is 2.21. The maximum atomic E-state index is 13.4. The van der Waals surface area contributed by atoms with Gasteiger partial charge in [-0.25, -0.2) is 4.39 Å². The zero-order valence-electron chi connectivity index (χ0n) is 10.0. The highest BCUT2D eigenvalue weighted by atomic mass is 32.2. The molecule has 0 amide bonds. The molecule has 1 heterocycles. The fourth-order valence-corrected chi connectivity index (χ4v) is 2.38. The van der Waals surface area contributed by atoms with Gasteiger partial charge in [-0.1, -0.05) is 30.0 Å². The van der Waals surface area contributed by atoms with Gasteiger partial charge in [0.1, 0.15) is 12.1 Å². The van der Waals surface area contributed by atoms with Crippen LogP contribution in [0.1, 0.15) is 5.56 Å². The van der Waals surface area contributed by atoms with Crippen LogP contribution in [0.25, 0.3) is 0 Å². The van der Waals surface area contributed by atoms with Crippen LogP contribution >= 0.6 is 11.8 Å². The van der Waals surface area contributed by atoms with Crippen molar-refractivity contribution in [2.24, 2.45) is 0 Å². The molecule has 1 aromatic heterocycles. The molecular weight excluding hydrogens is 253 g/mol. The van der Waals surface area contributed by atoms with E-state index in [0.717, 1.165) is 5.16 Å². The molecular formula is C12H14FN3OS. The second kappa shape index (κ2) is 6.51. The molecule has 1 aromatic carbocycles. The summed E-state index contributed by atoms with van der Waals surface area (Å²) in [6.45, 7) is 1.30. The van der Waals surface area contributed by atoms with E-state index in [9.17, 15) is 4.39 Å². The third-order valence-electron chi connectivity index (χ3n) is 2.43. The maximum absolute atomic E-state index is 13.4. The SMILES string of the molecule is COCCn1cnnc1SCc1ccccc1F. The average molecular weight is 267 g/mol. The van der Waals surface area contributed by atoms with Gasteiger partial charge in [-0.3, -0.25) is 0 Å². The van der Waals surface area contributed by atoms with Crippen molar-refractivity contribution in [2.75, 3.05) is 13.7 Å². The molecule has 4 nitrogen and oxygen atoms in total. The number of hydrogen-bond donors (Lipinski definition) is 0. The molecule has 0 atom stereocenters. The van der Waals surface area contributed by atoms with Crippen LogP contribution in [-0.4, -0.2) is 28.5 Å². The molecule has 0 fully saturated rings. The zero-order valence-corrected chi connectivity index (χ0v) is 10.9. The van der Waals surface area contributed by atoms with E-state index in [2.05, 4.69) is 10.2 Å². The zero-order chi connectivity index (χ0) is 12.8. The minimum atomic E-state index is -0.187. The van der Waals surface area contributed by atoms with Crippen LogP contribution in [0.15, 0.2) is 35.7 Å². The smallest absolute Gasteiger partial charge is 0.191 e. The summed E-state index contributed by atoms with van der Waals surface area (Å²) in [5.41, 5.74) is 0.670. The second-order valence-electron chi connectivity index (χ2n) is 3.68. The highest BCUT2D eigenvalue weighted by molar-refractivity contribution is 7.98. The van der Waals surface area contributed by atoms with Crippen LogP contribution in [-0.2, 0) is 17.0 Å². The summed E-state index contributed by atoms with van der Waals surface area (Å²) in [4.78, 5) is 0. The Bertz CT molecular complexity index is 504. The molecule has 0 aliphatic heterocycles. The van der Waals surface area contributed by atoms with Crippen molar-refractivity contribution in [1.29, 1.82) is 0 Å². The van der Waals surface area contributed by atoms with Gasteiger partial charge >= 0.3 is 0 Å². The lowest BCUT2D eigenvalue weighted by molar-refractivity contribution is 0.184. The molecule has 2 rings (SSSR count). The lowest BCUT2D eigenvalue weighted by atomic mass is 10.2. The number of nitrogens with zero attached hydrogens (tertiary/aromatic N) is 3. The first kappa shape index (κ1) is 13.0. The summed E-state index contributed by atoms with van der Waals surface area (Å²) >= 11 is 1.47. The van der Waals surface area contributed by atoms with Crippen LogP contribution < -0.4 is 0 Å². The number of halogens is 1. The Kier molecular flexibility index (Phi) is 4.72. The number of methoxy groups -OCH3 is 1. The lowest BCUT2D eigenvalue weighted by Gasteiger charge is -2.05. The van der Waals surface area contributed by atoms with Gasteiger partial charge in [-0.2, -0.15) is 0 Å². The summed E-state index contributed by atoms with van der Waals surface area (Å²) in [7, 11) is 1.65. The minimum Gasteiger partial charge on any atom is -0.383 e. The summed E-state index contributed by atoms with van der Waals surface area (Å²) in [6.07, 6.45) is 1.66. The first-order valence-corrected chi connectivity index (χ1v) is 6.53. The summed E-state index contributed by atoms with van der Waals surface area (Å²) in [6, 6.07) is 6.75. The highest BCUT2D eigenvalue weighted by Gasteiger charge is 2.07. The largest absolute Gasteiger partial charge is 0.383 e. The number of rotatable bonds is 6. The first-order valence-electron chi connectivity index (χ1n) is 5.54. The van der Waals surface area contributed by atoms with Crippen molar-refractivity contribution in [2.45, 2.75) is 17.5 Å². The van der Waals surface area contributed by atoms with Gasteiger partial charge in [0, 0.05) is 19.4 Å². The maximum Gasteiger partial charge on any atom is 0.191 e. The molecule has 0 aliphatic rings. The van der Waals surface area contributed by atoms with Crippen LogP contribution in [0.3, 0.4) is 0 Å². The Labute approximate surface area is 109 Å². The van der Waals surface area contributed by atoms with E-state index in [1.54, 1.807) is 25.6 Å². The average Bonchev–Trinajstić information content (AvgIpc) is 2.83. The topological polar surface area (TPSA) is 39.9 Å². The molecule has 2 aromatic rings. The van der Waals surface area contributed by atoms with Crippen LogP contribution in [0.5, 0.6) is 0 Å². The Hall–Kier alpha value is -1.40. The second-order valence-corrected chi connectivity index (χ2v) is 4.62. The monoisotopic (exact) mass is 267 g/mol. The van der Waals surface area contributed by atoms with Crippen molar-refractivity contribution in [3.8, 4) is 0 Å². The number of ether oxygens (including phenoxy) is 1. The van der Waals surface area contributed by atoms with E-state index in [4.69, 9.17) is 4.74 Å². The third kappa shape index (κ3) is 3.30. The summed E-state index contributed by atoms with van der Waals surface area (Å²) in [5.74, 6) is 0.353. The molecule has 0 spiro atoms. The quantitative estimate of drug-likeness (QED) is 0.753. The summed E-state index contributed by atoms with van der Waals surface area (Å²) in [5, 5.41) is 8.64. The van der Waals surface area contributed by atoms with Crippen molar-refractivity contribution < 1.29 is 9.13 Å². The first-order chi connectivity index (χ1) is 8.81. The van der Waals surface area contributed by atoms with Gasteiger partial charge in [0.15, 0.2) is 5.16 Å². The molecule has 0 aliphatic carbocycles. The fraction of sp³-hybridized carbons (Fsp3) is 0.333. The standard InChI is InChI=1S/C12H14FN3OS/c1-17-7-6-16-9-14-15-12(16)18-8-10-4-2-3-5-11(10)13/h2-5,9H,6-8H2,1H3. The molecule has 18 heavy (non-hydrogen) atoms. The van der Waals surface area contributed by atoms with E-state index >= 15 is 0 Å². The van der Waals surface area contributed by atoms with Crippen molar-refractivity contribution >= 4 is 11.8 Å². The molecule has 0 bridgehead atoms. The van der Waals surface area contributed by atoms with Crippen molar-refractivity contribution in [3.05, 3.63) is 42.0 Å².